The Morgan fingerprint density at radius 1 is 0.947 bits per heavy atom. The van der Waals surface area contributed by atoms with Crippen LogP contribution in [0, 0.1) is 0 Å². The van der Waals surface area contributed by atoms with E-state index in [1.54, 1.807) is 0 Å². The Labute approximate surface area is 223 Å². The summed E-state index contributed by atoms with van der Waals surface area (Å²) in [5.41, 5.74) is 11.9. The highest BCUT2D eigenvalue weighted by molar-refractivity contribution is 7.80. The van der Waals surface area contributed by atoms with Crippen molar-refractivity contribution < 1.29 is 34.2 Å². The van der Waals surface area contributed by atoms with Crippen LogP contribution in [-0.4, -0.2) is 79.7 Å². The molecule has 0 saturated heterocycles. The third-order valence-corrected chi connectivity index (χ3v) is 5.84. The van der Waals surface area contributed by atoms with Crippen LogP contribution < -0.4 is 27.4 Å². The van der Waals surface area contributed by atoms with Crippen molar-refractivity contribution in [1.82, 2.24) is 25.9 Å². The molecule has 1 heterocycles. The molecule has 0 saturated carbocycles. The van der Waals surface area contributed by atoms with Crippen LogP contribution in [0.1, 0.15) is 24.1 Å². The minimum Gasteiger partial charge on any atom is -0.508 e. The van der Waals surface area contributed by atoms with E-state index in [4.69, 9.17) is 11.5 Å². The van der Waals surface area contributed by atoms with Crippen molar-refractivity contribution in [3.63, 3.8) is 0 Å². The van der Waals surface area contributed by atoms with Gasteiger partial charge in [-0.3, -0.25) is 19.2 Å². The zero-order chi connectivity index (χ0) is 28.2. The number of nitrogens with one attached hydrogen (secondary N) is 4. The maximum absolute atomic E-state index is 13.2. The summed E-state index contributed by atoms with van der Waals surface area (Å²) in [6.45, 7) is 0. The number of benzene rings is 1. The van der Waals surface area contributed by atoms with Gasteiger partial charge >= 0.3 is 5.97 Å². The van der Waals surface area contributed by atoms with Crippen molar-refractivity contribution in [3.05, 3.63) is 48.0 Å². The molecule has 10 N–H and O–H groups in total. The van der Waals surface area contributed by atoms with Crippen molar-refractivity contribution in [2.75, 3.05) is 5.75 Å². The molecular formula is C23H31N7O7S. The highest BCUT2D eigenvalue weighted by Gasteiger charge is 2.31. The lowest BCUT2D eigenvalue weighted by atomic mass is 10.0. The lowest BCUT2D eigenvalue weighted by Gasteiger charge is -2.25. The Morgan fingerprint density at radius 3 is 2.11 bits per heavy atom. The summed E-state index contributed by atoms with van der Waals surface area (Å²) in [4.78, 5) is 68.3. The van der Waals surface area contributed by atoms with Crippen LogP contribution in [0.3, 0.4) is 0 Å². The molecule has 0 spiro atoms. The van der Waals surface area contributed by atoms with Crippen LogP contribution >= 0.6 is 12.6 Å². The van der Waals surface area contributed by atoms with Gasteiger partial charge in [0, 0.05) is 36.9 Å². The average Bonchev–Trinajstić information content (AvgIpc) is 3.39. The van der Waals surface area contributed by atoms with E-state index >= 15 is 0 Å². The maximum atomic E-state index is 13.2. The fourth-order valence-corrected chi connectivity index (χ4v) is 3.52. The van der Waals surface area contributed by atoms with Crippen molar-refractivity contribution in [1.29, 1.82) is 0 Å². The first-order valence-corrected chi connectivity index (χ1v) is 12.2. The van der Waals surface area contributed by atoms with Crippen LogP contribution in [0.25, 0.3) is 0 Å². The van der Waals surface area contributed by atoms with Gasteiger partial charge in [0.15, 0.2) is 0 Å². The van der Waals surface area contributed by atoms with Gasteiger partial charge in [0.2, 0.25) is 23.6 Å². The Hall–Kier alpha value is -4.11. The third kappa shape index (κ3) is 9.74. The molecule has 206 valence electrons. The number of aromatic amines is 1. The highest BCUT2D eigenvalue weighted by atomic mass is 32.1. The van der Waals surface area contributed by atoms with Crippen molar-refractivity contribution in [2.45, 2.75) is 49.9 Å². The van der Waals surface area contributed by atoms with Gasteiger partial charge in [0.1, 0.15) is 23.9 Å². The van der Waals surface area contributed by atoms with E-state index < -0.39 is 53.8 Å². The Balaban J connectivity index is 2.26. The number of phenolic OH excluding ortho intramolecular Hbond substituents is 1. The van der Waals surface area contributed by atoms with E-state index in [0.717, 1.165) is 0 Å². The molecule has 15 heteroatoms. The first-order chi connectivity index (χ1) is 18.0. The number of amides is 4. The van der Waals surface area contributed by atoms with Crippen molar-refractivity contribution in [3.8, 4) is 5.75 Å². The third-order valence-electron chi connectivity index (χ3n) is 5.45. The standard InChI is InChI=1S/C23H31N7O7S/c24-15(10-38)20(33)28-16(5-6-19(25)32)21(34)29-17(7-12-1-3-14(31)4-2-12)22(35)30-18(23(36)37)8-13-9-26-11-27-13/h1-4,9,11,15-18,31,38H,5-8,10,24H2,(H2,25,32)(H,26,27)(H,28,33)(H,29,34)(H,30,35)(H,36,37). The molecule has 0 aliphatic heterocycles. The van der Waals surface area contributed by atoms with Crippen LogP contribution in [0.2, 0.25) is 0 Å². The van der Waals surface area contributed by atoms with Gasteiger partial charge in [0.25, 0.3) is 0 Å². The van der Waals surface area contributed by atoms with Gasteiger partial charge in [-0.1, -0.05) is 12.1 Å². The molecule has 14 nitrogen and oxygen atoms in total. The summed E-state index contributed by atoms with van der Waals surface area (Å²) in [7, 11) is 0. The minimum absolute atomic E-state index is 0.00517. The minimum atomic E-state index is -1.35. The Kier molecular flexibility index (Phi) is 11.6. The average molecular weight is 550 g/mol. The Morgan fingerprint density at radius 2 is 1.55 bits per heavy atom. The first kappa shape index (κ1) is 30.1. The number of primary amides is 1. The molecule has 0 fully saturated rings. The summed E-state index contributed by atoms with van der Waals surface area (Å²) in [5.74, 6) is -4.37. The highest BCUT2D eigenvalue weighted by Crippen LogP contribution is 2.12. The van der Waals surface area contributed by atoms with Gasteiger partial charge in [-0.05, 0) is 24.1 Å². The van der Waals surface area contributed by atoms with Crippen LogP contribution in [-0.2, 0) is 36.8 Å². The molecule has 0 bridgehead atoms. The van der Waals surface area contributed by atoms with E-state index in [9.17, 15) is 34.2 Å². The number of nitrogens with two attached hydrogens (primary N) is 2. The molecule has 4 unspecified atom stereocenters. The zero-order valence-corrected chi connectivity index (χ0v) is 21.2. The largest absolute Gasteiger partial charge is 0.508 e. The second kappa shape index (κ2) is 14.6. The van der Waals surface area contributed by atoms with Gasteiger partial charge in [0.05, 0.1) is 12.4 Å². The van der Waals surface area contributed by atoms with Gasteiger partial charge in [-0.25, -0.2) is 9.78 Å². The van der Waals surface area contributed by atoms with Gasteiger partial charge in [-0.2, -0.15) is 12.6 Å². The summed E-state index contributed by atoms with van der Waals surface area (Å²) in [5, 5.41) is 26.5. The molecule has 2 aromatic rings. The molecule has 0 aliphatic carbocycles. The fourth-order valence-electron chi connectivity index (χ4n) is 3.36. The number of hydrogen-bond acceptors (Lipinski definition) is 9. The van der Waals surface area contributed by atoms with E-state index in [0.29, 0.717) is 11.3 Å². The maximum Gasteiger partial charge on any atom is 0.326 e. The van der Waals surface area contributed by atoms with Crippen LogP contribution in [0.4, 0.5) is 0 Å². The van der Waals surface area contributed by atoms with Gasteiger partial charge in [-0.15, -0.1) is 0 Å². The molecule has 4 amide bonds. The Bertz CT molecular complexity index is 1110. The second-order valence-electron chi connectivity index (χ2n) is 8.47. The number of phenols is 1. The number of aromatic nitrogens is 2. The van der Waals surface area contributed by atoms with Crippen LogP contribution in [0.15, 0.2) is 36.8 Å². The number of H-pyrrole nitrogens is 1. The lowest BCUT2D eigenvalue weighted by Crippen LogP contribution is -2.58. The number of carboxylic acids is 1. The number of thiol groups is 1. The smallest absolute Gasteiger partial charge is 0.326 e. The number of rotatable bonds is 15. The molecule has 1 aromatic carbocycles. The lowest BCUT2D eigenvalue weighted by molar-refractivity contribution is -0.142. The summed E-state index contributed by atoms with van der Waals surface area (Å²) >= 11 is 3.95. The van der Waals surface area contributed by atoms with E-state index in [1.165, 1.54) is 36.8 Å². The van der Waals surface area contributed by atoms with Gasteiger partial charge < -0.3 is 42.6 Å². The van der Waals surface area contributed by atoms with E-state index in [-0.39, 0.29) is 37.2 Å². The summed E-state index contributed by atoms with van der Waals surface area (Å²) in [6, 6.07) is 0.896. The molecule has 0 aliphatic rings. The number of aliphatic carboxylic acids is 1. The number of imidazole rings is 1. The first-order valence-electron chi connectivity index (χ1n) is 11.5. The predicted octanol–water partition coefficient (Wildman–Crippen LogP) is -2.04. The number of carbonyl (C=O) groups excluding carboxylic acids is 4. The molecular weight excluding hydrogens is 518 g/mol. The predicted molar refractivity (Wildman–Crippen MR) is 138 cm³/mol. The topological polar surface area (TPSA) is 243 Å². The quantitative estimate of drug-likeness (QED) is 0.111. The van der Waals surface area contributed by atoms with E-state index in [1.807, 2.05) is 0 Å². The monoisotopic (exact) mass is 549 g/mol. The van der Waals surface area contributed by atoms with Crippen molar-refractivity contribution >= 4 is 42.2 Å². The van der Waals surface area contributed by atoms with E-state index in [2.05, 4.69) is 38.5 Å². The summed E-state index contributed by atoms with van der Waals surface area (Å²) < 4.78 is 0. The second-order valence-corrected chi connectivity index (χ2v) is 8.83. The SMILES string of the molecule is NC(=O)CCC(NC(=O)C(N)CS)C(=O)NC(Cc1ccc(O)cc1)C(=O)NC(Cc1cnc[nH]1)C(=O)O. The molecule has 0 radical (unpaired) electrons. The van der Waals surface area contributed by atoms with Crippen molar-refractivity contribution in [2.24, 2.45) is 11.5 Å². The molecule has 38 heavy (non-hydrogen) atoms. The fraction of sp³-hybridized carbons (Fsp3) is 0.391. The normalized spacial score (nSPS) is 13.9. The zero-order valence-electron chi connectivity index (χ0n) is 20.3. The molecule has 1 aromatic heterocycles. The number of hydrogen-bond donors (Lipinski definition) is 9. The summed E-state index contributed by atoms with van der Waals surface area (Å²) in [6.07, 6.45) is 2.19. The molecule has 2 rings (SSSR count). The number of carboxylic acid groups (broad SMARTS) is 1. The molecule has 4 atom stereocenters. The number of nitrogens with zero attached hydrogens (tertiary/aromatic N) is 1. The number of carbonyl (C=O) groups is 5. The number of aromatic hydroxyl groups is 1. The van der Waals surface area contributed by atoms with Crippen LogP contribution in [0.5, 0.6) is 5.75 Å².